The van der Waals surface area contributed by atoms with Crippen molar-refractivity contribution in [1.82, 2.24) is 19.3 Å². The van der Waals surface area contributed by atoms with Gasteiger partial charge < -0.3 is 15.0 Å². The molecule has 0 atom stereocenters. The van der Waals surface area contributed by atoms with Crippen molar-refractivity contribution in [1.29, 1.82) is 0 Å². The van der Waals surface area contributed by atoms with E-state index in [0.717, 1.165) is 12.8 Å². The summed E-state index contributed by atoms with van der Waals surface area (Å²) in [6, 6.07) is 3.91. The van der Waals surface area contributed by atoms with E-state index >= 15 is 4.39 Å². The van der Waals surface area contributed by atoms with Crippen LogP contribution >= 0.6 is 0 Å². The third kappa shape index (κ3) is 4.70. The fourth-order valence-corrected chi connectivity index (χ4v) is 5.01. The first-order valence-corrected chi connectivity index (χ1v) is 12.1. The monoisotopic (exact) mass is 490 g/mol. The van der Waals surface area contributed by atoms with Crippen molar-refractivity contribution in [3.8, 4) is 0 Å². The largest absolute Gasteiger partial charge is 0.465 e. The number of carbonyl (C=O) groups is 2. The molecule has 1 fully saturated rings. The molecular weight excluding hydrogens is 467 g/mol. The predicted octanol–water partition coefficient (Wildman–Crippen LogP) is 2.06. The minimum atomic E-state index is -3.94. The summed E-state index contributed by atoms with van der Waals surface area (Å²) in [5, 5.41) is 3.07. The number of hydrogen-bond donors (Lipinski definition) is 3. The van der Waals surface area contributed by atoms with Gasteiger partial charge in [0.1, 0.15) is 24.3 Å². The highest BCUT2D eigenvalue weighted by Crippen LogP contribution is 2.28. The Kier molecular flexibility index (Phi) is 6.75. The normalized spacial score (nSPS) is 14.3. The number of esters is 1. The molecule has 3 heterocycles. The molecule has 0 spiro atoms. The Morgan fingerprint density at radius 1 is 1.21 bits per heavy atom. The number of fused-ring (bicyclic) bond motifs is 1. The second-order valence-corrected chi connectivity index (χ2v) is 9.19. The van der Waals surface area contributed by atoms with Gasteiger partial charge in [-0.15, -0.1) is 0 Å². The van der Waals surface area contributed by atoms with Crippen LogP contribution in [-0.4, -0.2) is 65.7 Å². The van der Waals surface area contributed by atoms with Crippen LogP contribution in [0.5, 0.6) is 0 Å². The minimum Gasteiger partial charge on any atom is -0.465 e. The maximum absolute atomic E-state index is 15.3. The van der Waals surface area contributed by atoms with E-state index in [4.69, 9.17) is 4.74 Å². The van der Waals surface area contributed by atoms with Gasteiger partial charge in [0.15, 0.2) is 11.6 Å². The molecule has 13 heteroatoms. The van der Waals surface area contributed by atoms with E-state index in [0.29, 0.717) is 18.7 Å². The number of hydrogen-bond acceptors (Lipinski definition) is 8. The lowest BCUT2D eigenvalue weighted by molar-refractivity contribution is -0.140. The number of H-pyrrole nitrogens is 1. The van der Waals surface area contributed by atoms with E-state index in [1.165, 1.54) is 35.0 Å². The number of carbonyl (C=O) groups excluding carboxylic acids is 2. The van der Waals surface area contributed by atoms with Crippen molar-refractivity contribution in [2.24, 2.45) is 0 Å². The second-order valence-electron chi connectivity index (χ2n) is 7.52. The molecule has 34 heavy (non-hydrogen) atoms. The zero-order valence-electron chi connectivity index (χ0n) is 18.3. The Morgan fingerprint density at radius 2 is 1.97 bits per heavy atom. The maximum atomic E-state index is 15.3. The molecular formula is C21H23FN6O5S. The molecule has 0 unspecified atom stereocenters. The lowest BCUT2D eigenvalue weighted by Gasteiger charge is -2.17. The zero-order chi connectivity index (χ0) is 24.3. The van der Waals surface area contributed by atoms with Crippen LogP contribution in [-0.2, 0) is 19.7 Å². The number of nitrogens with zero attached hydrogens (tertiary/aromatic N) is 3. The van der Waals surface area contributed by atoms with Crippen LogP contribution in [0.4, 0.5) is 15.9 Å². The Bertz CT molecular complexity index is 1340. The number of benzene rings is 1. The summed E-state index contributed by atoms with van der Waals surface area (Å²) in [6.45, 7) is 2.40. The van der Waals surface area contributed by atoms with E-state index in [1.807, 2.05) is 0 Å². The summed E-state index contributed by atoms with van der Waals surface area (Å²) in [4.78, 5) is 36.0. The lowest BCUT2D eigenvalue weighted by Crippen LogP contribution is -2.33. The molecule has 0 aliphatic carbocycles. The van der Waals surface area contributed by atoms with E-state index in [9.17, 15) is 18.0 Å². The van der Waals surface area contributed by atoms with Crippen LogP contribution in [0.2, 0.25) is 0 Å². The van der Waals surface area contributed by atoms with E-state index in [1.54, 1.807) is 6.92 Å². The fourth-order valence-electron chi connectivity index (χ4n) is 3.71. The SMILES string of the molecule is CCOC(=O)CNc1ncnc2[nH]cc(C(=O)c3cccc(NS(=O)(=O)N4CCCC4)c3F)c12. The second kappa shape index (κ2) is 9.73. The van der Waals surface area contributed by atoms with Crippen LogP contribution in [0.1, 0.15) is 35.7 Å². The molecule has 1 aromatic carbocycles. The number of ether oxygens (including phenoxy) is 1. The molecule has 0 radical (unpaired) electrons. The van der Waals surface area contributed by atoms with Crippen molar-refractivity contribution < 1.29 is 27.1 Å². The summed E-state index contributed by atoms with van der Waals surface area (Å²) >= 11 is 0. The lowest BCUT2D eigenvalue weighted by atomic mass is 10.0. The van der Waals surface area contributed by atoms with Crippen LogP contribution in [0.3, 0.4) is 0 Å². The quantitative estimate of drug-likeness (QED) is 0.305. The summed E-state index contributed by atoms with van der Waals surface area (Å²) in [5.41, 5.74) is -0.298. The molecule has 4 rings (SSSR count). The average molecular weight is 491 g/mol. The third-order valence-corrected chi connectivity index (χ3v) is 6.83. The first-order valence-electron chi connectivity index (χ1n) is 10.6. The molecule has 3 aromatic rings. The first kappa shape index (κ1) is 23.6. The van der Waals surface area contributed by atoms with Crippen molar-refractivity contribution in [2.75, 3.05) is 36.3 Å². The highest BCUT2D eigenvalue weighted by molar-refractivity contribution is 7.90. The fraction of sp³-hybridized carbons (Fsp3) is 0.333. The van der Waals surface area contributed by atoms with Gasteiger partial charge in [0.25, 0.3) is 0 Å². The van der Waals surface area contributed by atoms with Gasteiger partial charge in [-0.1, -0.05) is 6.07 Å². The number of ketones is 1. The minimum absolute atomic E-state index is 0.0559. The molecule has 1 saturated heterocycles. The molecule has 1 aliphatic rings. The average Bonchev–Trinajstić information content (AvgIpc) is 3.50. The molecule has 1 aliphatic heterocycles. The van der Waals surface area contributed by atoms with E-state index in [2.05, 4.69) is 25.0 Å². The summed E-state index contributed by atoms with van der Waals surface area (Å²) in [7, 11) is -3.94. The van der Waals surface area contributed by atoms with Crippen LogP contribution in [0.15, 0.2) is 30.7 Å². The molecule has 0 saturated carbocycles. The van der Waals surface area contributed by atoms with Crippen molar-refractivity contribution in [3.63, 3.8) is 0 Å². The Labute approximate surface area is 194 Å². The highest BCUT2D eigenvalue weighted by Gasteiger charge is 2.28. The summed E-state index contributed by atoms with van der Waals surface area (Å²) < 4.78 is 48.7. The van der Waals surface area contributed by atoms with Crippen molar-refractivity contribution in [2.45, 2.75) is 19.8 Å². The molecule has 0 amide bonds. The standard InChI is InChI=1S/C21H23FN6O5S/c1-2-33-16(29)11-24-21-17-14(10-23-20(17)25-12-26-21)19(30)13-6-5-7-15(18(13)22)27-34(31,32)28-8-3-4-9-28/h5-7,10,12,27H,2-4,8-9,11H2,1H3,(H2,23,24,25,26). The van der Waals surface area contributed by atoms with E-state index < -0.39 is 27.8 Å². The number of anilines is 2. The number of aromatic nitrogens is 3. The molecule has 2 aromatic heterocycles. The molecule has 180 valence electrons. The topological polar surface area (TPSA) is 146 Å². The Balaban J connectivity index is 1.65. The van der Waals surface area contributed by atoms with Crippen molar-refractivity contribution in [3.05, 3.63) is 47.7 Å². The van der Waals surface area contributed by atoms with E-state index in [-0.39, 0.29) is 41.2 Å². The number of nitrogens with one attached hydrogen (secondary N) is 3. The number of aromatic amines is 1. The third-order valence-electron chi connectivity index (χ3n) is 5.31. The smallest absolute Gasteiger partial charge is 0.325 e. The van der Waals surface area contributed by atoms with Gasteiger partial charge >= 0.3 is 16.2 Å². The number of rotatable bonds is 9. The Morgan fingerprint density at radius 3 is 2.71 bits per heavy atom. The van der Waals surface area contributed by atoms with Crippen LogP contribution < -0.4 is 10.0 Å². The van der Waals surface area contributed by atoms with Gasteiger partial charge in [0.05, 0.1) is 28.8 Å². The zero-order valence-corrected chi connectivity index (χ0v) is 19.1. The molecule has 3 N–H and O–H groups in total. The van der Waals surface area contributed by atoms with Gasteiger partial charge in [-0.25, -0.2) is 14.4 Å². The van der Waals surface area contributed by atoms with Crippen LogP contribution in [0, 0.1) is 5.82 Å². The Hall–Kier alpha value is -3.58. The maximum Gasteiger partial charge on any atom is 0.325 e. The van der Waals surface area contributed by atoms with Crippen molar-refractivity contribution >= 4 is 44.5 Å². The molecule has 11 nitrogen and oxygen atoms in total. The summed E-state index contributed by atoms with van der Waals surface area (Å²) in [5.74, 6) is -2.03. The first-order chi connectivity index (χ1) is 16.3. The van der Waals surface area contributed by atoms with Gasteiger partial charge in [-0.3, -0.25) is 14.3 Å². The van der Waals surface area contributed by atoms with Gasteiger partial charge in [-0.05, 0) is 31.9 Å². The summed E-state index contributed by atoms with van der Waals surface area (Å²) in [6.07, 6.45) is 4.07. The molecule has 0 bridgehead atoms. The van der Waals surface area contributed by atoms with Gasteiger partial charge in [-0.2, -0.15) is 12.7 Å². The number of halogens is 1. The van der Waals surface area contributed by atoms with Gasteiger partial charge in [0, 0.05) is 19.3 Å². The highest BCUT2D eigenvalue weighted by atomic mass is 32.2. The van der Waals surface area contributed by atoms with Crippen LogP contribution in [0.25, 0.3) is 11.0 Å². The predicted molar refractivity (Wildman–Crippen MR) is 122 cm³/mol. The van der Waals surface area contributed by atoms with Gasteiger partial charge in [0.2, 0.25) is 0 Å².